The zero-order chi connectivity index (χ0) is 19.9. The van der Waals surface area contributed by atoms with Crippen LogP contribution in [0.2, 0.25) is 0 Å². The second-order valence-electron chi connectivity index (χ2n) is 7.10. The third kappa shape index (κ3) is 4.91. The number of nitrogens with zero attached hydrogens (tertiary/aromatic N) is 1. The van der Waals surface area contributed by atoms with E-state index >= 15 is 0 Å². The molecule has 28 heavy (non-hydrogen) atoms. The molecule has 7 nitrogen and oxygen atoms in total. The number of hydrogen-bond acceptors (Lipinski definition) is 4. The molecule has 0 bridgehead atoms. The Bertz CT molecular complexity index is 788. The number of rotatable bonds is 6. The summed E-state index contributed by atoms with van der Waals surface area (Å²) in [5.74, 6) is -0.834. The van der Waals surface area contributed by atoms with Crippen molar-refractivity contribution < 1.29 is 19.1 Å². The number of hydrogen-bond donors (Lipinski definition) is 2. The van der Waals surface area contributed by atoms with Gasteiger partial charge in [-0.2, -0.15) is 0 Å². The summed E-state index contributed by atoms with van der Waals surface area (Å²) in [6.07, 6.45) is 8.96. The van der Waals surface area contributed by atoms with Gasteiger partial charge in [-0.05, 0) is 50.7 Å². The number of methoxy groups -OCH3 is 1. The van der Waals surface area contributed by atoms with E-state index in [2.05, 4.69) is 16.7 Å². The number of anilines is 2. The van der Waals surface area contributed by atoms with Crippen molar-refractivity contribution in [2.24, 2.45) is 0 Å². The largest absolute Gasteiger partial charge is 0.494 e. The van der Waals surface area contributed by atoms with Gasteiger partial charge in [-0.25, -0.2) is 0 Å². The Hall–Kier alpha value is -2.83. The maximum absolute atomic E-state index is 12.1. The molecule has 2 N–H and O–H groups in total. The van der Waals surface area contributed by atoms with E-state index in [-0.39, 0.29) is 5.91 Å². The van der Waals surface area contributed by atoms with E-state index in [0.29, 0.717) is 36.6 Å². The highest BCUT2D eigenvalue weighted by atomic mass is 16.5. The van der Waals surface area contributed by atoms with E-state index in [1.807, 2.05) is 0 Å². The summed E-state index contributed by atoms with van der Waals surface area (Å²) in [4.78, 5) is 37.8. The summed E-state index contributed by atoms with van der Waals surface area (Å²) in [5.41, 5.74) is 2.47. The van der Waals surface area contributed by atoms with Crippen molar-refractivity contribution in [3.8, 4) is 5.75 Å². The first-order chi connectivity index (χ1) is 13.6. The van der Waals surface area contributed by atoms with Crippen molar-refractivity contribution >= 4 is 29.1 Å². The molecule has 1 heterocycles. The van der Waals surface area contributed by atoms with Crippen molar-refractivity contribution in [2.45, 2.75) is 44.9 Å². The molecule has 1 aliphatic carbocycles. The highest BCUT2D eigenvalue weighted by Crippen LogP contribution is 2.33. The third-order valence-electron chi connectivity index (χ3n) is 5.12. The van der Waals surface area contributed by atoms with Crippen LogP contribution >= 0.6 is 0 Å². The van der Waals surface area contributed by atoms with E-state index in [9.17, 15) is 14.4 Å². The van der Waals surface area contributed by atoms with E-state index in [4.69, 9.17) is 4.74 Å². The molecule has 1 aliphatic heterocycles. The van der Waals surface area contributed by atoms with Crippen LogP contribution in [-0.4, -0.2) is 37.9 Å². The molecule has 3 rings (SSSR count). The van der Waals surface area contributed by atoms with Gasteiger partial charge in [0.1, 0.15) is 5.75 Å². The number of ether oxygens (including phenoxy) is 1. The van der Waals surface area contributed by atoms with Gasteiger partial charge in [0.15, 0.2) is 0 Å². The van der Waals surface area contributed by atoms with Crippen LogP contribution in [-0.2, 0) is 14.4 Å². The highest BCUT2D eigenvalue weighted by Gasteiger charge is 2.25. The Morgan fingerprint density at radius 2 is 2.00 bits per heavy atom. The van der Waals surface area contributed by atoms with E-state index in [1.165, 1.54) is 25.5 Å². The zero-order valence-electron chi connectivity index (χ0n) is 16.3. The predicted molar refractivity (Wildman–Crippen MR) is 107 cm³/mol. The van der Waals surface area contributed by atoms with Crippen molar-refractivity contribution in [1.82, 2.24) is 5.32 Å². The first-order valence-corrected chi connectivity index (χ1v) is 9.84. The fourth-order valence-electron chi connectivity index (χ4n) is 3.62. The number of carbonyl (C=O) groups is 3. The number of nitrogens with one attached hydrogen (secondary N) is 2. The lowest BCUT2D eigenvalue weighted by atomic mass is 9.97. The number of allylic oxidation sites excluding steroid dienone is 1. The minimum absolute atomic E-state index is 0.0579. The molecular formula is C21H27N3O4. The molecule has 0 radical (unpaired) electrons. The molecule has 150 valence electrons. The van der Waals surface area contributed by atoms with Gasteiger partial charge in [0.25, 0.3) is 0 Å². The summed E-state index contributed by atoms with van der Waals surface area (Å²) in [6.45, 7) is 1.11. The van der Waals surface area contributed by atoms with Crippen molar-refractivity contribution in [3.63, 3.8) is 0 Å². The molecule has 0 aromatic heterocycles. The topological polar surface area (TPSA) is 87.7 Å². The lowest BCUT2D eigenvalue weighted by Crippen LogP contribution is -2.36. The van der Waals surface area contributed by atoms with Gasteiger partial charge in [0, 0.05) is 31.3 Å². The number of carbonyl (C=O) groups excluding carboxylic acids is 3. The van der Waals surface area contributed by atoms with Crippen LogP contribution in [0.5, 0.6) is 5.75 Å². The van der Waals surface area contributed by atoms with Crippen molar-refractivity contribution in [3.05, 3.63) is 29.8 Å². The Kier molecular flexibility index (Phi) is 6.68. The molecule has 3 amide bonds. The van der Waals surface area contributed by atoms with Crippen LogP contribution in [0.1, 0.15) is 44.9 Å². The minimum Gasteiger partial charge on any atom is -0.494 e. The Morgan fingerprint density at radius 3 is 2.68 bits per heavy atom. The van der Waals surface area contributed by atoms with Gasteiger partial charge in [-0.15, -0.1) is 0 Å². The molecule has 0 spiro atoms. The molecule has 1 saturated heterocycles. The second kappa shape index (κ2) is 9.39. The smallest absolute Gasteiger partial charge is 0.313 e. The SMILES string of the molecule is COc1cc(NC(=O)C(=O)NCCC2=CCCCC2)ccc1N1CCCC1=O. The maximum Gasteiger partial charge on any atom is 0.313 e. The summed E-state index contributed by atoms with van der Waals surface area (Å²) in [7, 11) is 1.51. The molecule has 0 unspecified atom stereocenters. The second-order valence-corrected chi connectivity index (χ2v) is 7.10. The van der Waals surface area contributed by atoms with Crippen LogP contribution in [0.15, 0.2) is 29.8 Å². The van der Waals surface area contributed by atoms with E-state index in [0.717, 1.165) is 25.7 Å². The molecule has 2 aliphatic rings. The van der Waals surface area contributed by atoms with Crippen molar-refractivity contribution in [2.75, 3.05) is 30.4 Å². The Balaban J connectivity index is 1.54. The predicted octanol–water partition coefficient (Wildman–Crippen LogP) is 2.77. The maximum atomic E-state index is 12.1. The fraction of sp³-hybridized carbons (Fsp3) is 0.476. The summed E-state index contributed by atoms with van der Waals surface area (Å²) in [5, 5.41) is 5.25. The average Bonchev–Trinajstić information content (AvgIpc) is 3.14. The lowest BCUT2D eigenvalue weighted by Gasteiger charge is -2.19. The average molecular weight is 385 g/mol. The van der Waals surface area contributed by atoms with Gasteiger partial charge in [-0.1, -0.05) is 11.6 Å². The molecule has 0 atom stereocenters. The van der Waals surface area contributed by atoms with Crippen LogP contribution in [0, 0.1) is 0 Å². The Labute approximate surface area is 165 Å². The molecule has 0 saturated carbocycles. The van der Waals surface area contributed by atoms with Gasteiger partial charge < -0.3 is 20.3 Å². The van der Waals surface area contributed by atoms with E-state index in [1.54, 1.807) is 23.1 Å². The minimum atomic E-state index is -0.718. The van der Waals surface area contributed by atoms with E-state index < -0.39 is 11.8 Å². The normalized spacial score (nSPS) is 16.5. The molecule has 7 heteroatoms. The van der Waals surface area contributed by atoms with Crippen LogP contribution < -0.4 is 20.3 Å². The molecule has 1 aromatic rings. The van der Waals surface area contributed by atoms with Gasteiger partial charge >= 0.3 is 11.8 Å². The monoisotopic (exact) mass is 385 g/mol. The Morgan fingerprint density at radius 1 is 1.14 bits per heavy atom. The van der Waals surface area contributed by atoms with Crippen LogP contribution in [0.25, 0.3) is 0 Å². The van der Waals surface area contributed by atoms with Gasteiger partial charge in [0.2, 0.25) is 5.91 Å². The summed E-state index contributed by atoms with van der Waals surface area (Å²) >= 11 is 0. The fourth-order valence-corrected chi connectivity index (χ4v) is 3.62. The molecular weight excluding hydrogens is 358 g/mol. The summed E-state index contributed by atoms with van der Waals surface area (Å²) < 4.78 is 5.37. The quantitative estimate of drug-likeness (QED) is 0.582. The number of benzene rings is 1. The lowest BCUT2D eigenvalue weighted by molar-refractivity contribution is -0.136. The van der Waals surface area contributed by atoms with Gasteiger partial charge in [-0.3, -0.25) is 14.4 Å². The molecule has 1 aromatic carbocycles. The van der Waals surface area contributed by atoms with Crippen molar-refractivity contribution in [1.29, 1.82) is 0 Å². The zero-order valence-corrected chi connectivity index (χ0v) is 16.3. The van der Waals surface area contributed by atoms with Crippen LogP contribution in [0.4, 0.5) is 11.4 Å². The van der Waals surface area contributed by atoms with Crippen LogP contribution in [0.3, 0.4) is 0 Å². The van der Waals surface area contributed by atoms with Gasteiger partial charge in [0.05, 0.1) is 12.8 Å². The molecule has 1 fully saturated rings. The standard InChI is InChI=1S/C21H27N3O4/c1-28-18-14-16(9-10-17(18)24-13-5-8-19(24)25)23-21(27)20(26)22-12-11-15-6-3-2-4-7-15/h6,9-10,14H,2-5,7-8,11-13H2,1H3,(H,22,26)(H,23,27). The summed E-state index contributed by atoms with van der Waals surface area (Å²) in [6, 6.07) is 5.02. The first-order valence-electron chi connectivity index (χ1n) is 9.84. The number of amides is 3. The highest BCUT2D eigenvalue weighted by molar-refractivity contribution is 6.39. The first kappa shape index (κ1) is 19.9. The third-order valence-corrected chi connectivity index (χ3v) is 5.12.